The van der Waals surface area contributed by atoms with Gasteiger partial charge in [-0.15, -0.1) is 0 Å². The van der Waals surface area contributed by atoms with E-state index in [-0.39, 0.29) is 0 Å². The SMILES string of the molecule is C1=Cc2cc3ccc(cc4nc(cc5ccc(cc1n2)[nH]5)C=C4)[nH]3.[O]=[Re]. The van der Waals surface area contributed by atoms with E-state index in [1.165, 1.54) is 0 Å². The number of aromatic amines is 2. The molecule has 3 aromatic heterocycles. The van der Waals surface area contributed by atoms with Crippen LogP contribution < -0.4 is 0 Å². The summed E-state index contributed by atoms with van der Waals surface area (Å²) in [4.78, 5) is 16.0. The summed E-state index contributed by atoms with van der Waals surface area (Å²) < 4.78 is 8.31. The maximum absolute atomic E-state index is 8.31. The fourth-order valence-electron chi connectivity index (χ4n) is 2.94. The van der Waals surface area contributed by atoms with Crippen molar-refractivity contribution in [2.75, 3.05) is 0 Å². The Bertz CT molecular complexity index is 1010. The summed E-state index contributed by atoms with van der Waals surface area (Å²) >= 11 is 0.472. The van der Waals surface area contributed by atoms with E-state index in [1.54, 1.807) is 0 Å². The van der Waals surface area contributed by atoms with Crippen LogP contribution >= 0.6 is 0 Å². The first kappa shape index (κ1) is 16.5. The Morgan fingerprint density at radius 1 is 0.538 bits per heavy atom. The van der Waals surface area contributed by atoms with Gasteiger partial charge in [0.2, 0.25) is 0 Å². The molecule has 2 aliphatic heterocycles. The van der Waals surface area contributed by atoms with E-state index in [0.717, 1.165) is 44.8 Å². The van der Waals surface area contributed by atoms with Crippen molar-refractivity contribution >= 4 is 46.4 Å². The Morgan fingerprint density at radius 3 is 1.08 bits per heavy atom. The van der Waals surface area contributed by atoms with E-state index in [2.05, 4.69) is 44.2 Å². The second-order valence-corrected chi connectivity index (χ2v) is 5.91. The minimum absolute atomic E-state index is 0.472. The molecule has 0 fully saturated rings. The van der Waals surface area contributed by atoms with Crippen molar-refractivity contribution in [1.29, 1.82) is 0 Å². The molecule has 0 radical (unpaired) electrons. The van der Waals surface area contributed by atoms with E-state index in [1.807, 2.05) is 48.6 Å². The van der Waals surface area contributed by atoms with Crippen LogP contribution in [-0.2, 0) is 22.6 Å². The molecule has 5 rings (SSSR count). The number of nitrogens with one attached hydrogen (secondary N) is 2. The summed E-state index contributed by atoms with van der Waals surface area (Å²) in [5, 5.41) is 0. The standard InChI is InChI=1S/C20H14N4.O.Re/c1-2-14-10-16-5-6-18(23-16)12-20-8-7-19(24-20)11-17-4-3-15(22-17)9-13(1)21-14;;/h1-12,21,24H;;. The monoisotopic (exact) mass is 513 g/mol. The van der Waals surface area contributed by atoms with Gasteiger partial charge in [-0.3, -0.25) is 0 Å². The number of nitrogens with zero attached hydrogens (tertiary/aromatic N) is 2. The van der Waals surface area contributed by atoms with Crippen molar-refractivity contribution in [3.05, 3.63) is 71.3 Å². The van der Waals surface area contributed by atoms with Crippen molar-refractivity contribution < 1.29 is 22.6 Å². The Morgan fingerprint density at radius 2 is 0.808 bits per heavy atom. The summed E-state index contributed by atoms with van der Waals surface area (Å²) in [6, 6.07) is 16.4. The van der Waals surface area contributed by atoms with Gasteiger partial charge in [-0.1, -0.05) is 0 Å². The van der Waals surface area contributed by atoms with Crippen LogP contribution in [0.3, 0.4) is 0 Å². The average Bonchev–Trinajstić information content (AvgIpc) is 3.42. The molecule has 5 heterocycles. The van der Waals surface area contributed by atoms with Gasteiger partial charge in [-0.25, -0.2) is 9.97 Å². The molecule has 0 atom stereocenters. The molecule has 2 aliphatic rings. The van der Waals surface area contributed by atoms with Crippen LogP contribution in [-0.4, -0.2) is 19.9 Å². The number of hydrogen-bond acceptors (Lipinski definition) is 3. The van der Waals surface area contributed by atoms with Crippen LogP contribution in [0.4, 0.5) is 0 Å². The van der Waals surface area contributed by atoms with E-state index in [4.69, 9.17) is 3.47 Å². The minimum atomic E-state index is 0.472. The van der Waals surface area contributed by atoms with Crippen LogP contribution in [0.15, 0.2) is 48.5 Å². The van der Waals surface area contributed by atoms with Crippen molar-refractivity contribution in [3.63, 3.8) is 0 Å². The molecule has 0 spiro atoms. The Kier molecular flexibility index (Phi) is 4.53. The van der Waals surface area contributed by atoms with Gasteiger partial charge in [0.1, 0.15) is 0 Å². The van der Waals surface area contributed by atoms with Gasteiger partial charge in [-0.05, 0) is 72.8 Å². The van der Waals surface area contributed by atoms with E-state index < -0.39 is 0 Å². The number of hydrogen-bond donors (Lipinski definition) is 2. The van der Waals surface area contributed by atoms with E-state index in [9.17, 15) is 0 Å². The zero-order chi connectivity index (χ0) is 17.9. The van der Waals surface area contributed by atoms with Crippen LogP contribution in [0.1, 0.15) is 22.8 Å². The molecule has 26 heavy (non-hydrogen) atoms. The zero-order valence-corrected chi connectivity index (χ0v) is 16.3. The van der Waals surface area contributed by atoms with Gasteiger partial charge in [0, 0.05) is 22.1 Å². The first-order valence-electron chi connectivity index (χ1n) is 8.00. The van der Waals surface area contributed by atoms with E-state index >= 15 is 0 Å². The number of H-pyrrole nitrogens is 2. The van der Waals surface area contributed by atoms with Crippen molar-refractivity contribution in [2.45, 2.75) is 0 Å². The number of rotatable bonds is 0. The third kappa shape index (κ3) is 3.52. The van der Waals surface area contributed by atoms with Crippen LogP contribution in [0, 0.1) is 0 Å². The van der Waals surface area contributed by atoms with Crippen molar-refractivity contribution in [1.82, 2.24) is 19.9 Å². The quantitative estimate of drug-likeness (QED) is 0.320. The normalized spacial score (nSPS) is 11.8. The van der Waals surface area contributed by atoms with Gasteiger partial charge in [0.25, 0.3) is 0 Å². The summed E-state index contributed by atoms with van der Waals surface area (Å²) in [5.74, 6) is 0. The van der Waals surface area contributed by atoms with Gasteiger partial charge < -0.3 is 9.97 Å². The van der Waals surface area contributed by atoms with Gasteiger partial charge >= 0.3 is 22.6 Å². The summed E-state index contributed by atoms with van der Waals surface area (Å²) in [6.45, 7) is 0. The predicted molar refractivity (Wildman–Crippen MR) is 99.5 cm³/mol. The molecule has 0 aromatic carbocycles. The topological polar surface area (TPSA) is 74.4 Å². The molecule has 6 heteroatoms. The molecule has 0 unspecified atom stereocenters. The molecule has 0 saturated heterocycles. The molecular formula is C20H14N4ORe. The Labute approximate surface area is 160 Å². The van der Waals surface area contributed by atoms with Crippen LogP contribution in [0.25, 0.3) is 46.4 Å². The fourth-order valence-corrected chi connectivity index (χ4v) is 2.94. The molecule has 2 N–H and O–H groups in total. The third-order valence-electron chi connectivity index (χ3n) is 4.04. The molecule has 0 amide bonds. The molecule has 3 aromatic rings. The third-order valence-corrected chi connectivity index (χ3v) is 4.04. The second kappa shape index (κ2) is 7.13. The first-order chi connectivity index (χ1) is 12.8. The molecule has 5 nitrogen and oxygen atoms in total. The second-order valence-electron chi connectivity index (χ2n) is 5.91. The summed E-state index contributed by atoms with van der Waals surface area (Å²) in [5.41, 5.74) is 7.86. The van der Waals surface area contributed by atoms with E-state index in [0.29, 0.717) is 19.2 Å². The Hall–Kier alpha value is -2.94. The van der Waals surface area contributed by atoms with Crippen molar-refractivity contribution in [2.24, 2.45) is 0 Å². The van der Waals surface area contributed by atoms with Gasteiger partial charge in [0.15, 0.2) is 0 Å². The molecule has 8 bridgehead atoms. The van der Waals surface area contributed by atoms with Gasteiger partial charge in [0.05, 0.1) is 22.8 Å². The zero-order valence-electron chi connectivity index (χ0n) is 13.6. The first-order valence-corrected chi connectivity index (χ1v) is 9.11. The number of aromatic nitrogens is 4. The maximum atomic E-state index is 8.31. The summed E-state index contributed by atoms with van der Waals surface area (Å²) in [7, 11) is 0. The van der Waals surface area contributed by atoms with Gasteiger partial charge in [-0.2, -0.15) is 0 Å². The van der Waals surface area contributed by atoms with Crippen molar-refractivity contribution in [3.8, 4) is 0 Å². The molecule has 0 aliphatic carbocycles. The van der Waals surface area contributed by atoms with Crippen LogP contribution in [0.5, 0.6) is 0 Å². The fraction of sp³-hybridized carbons (Fsp3) is 0. The Balaban J connectivity index is 0.000000814. The molecule has 0 saturated carbocycles. The average molecular weight is 513 g/mol. The number of fused-ring (bicyclic) bond motifs is 8. The van der Waals surface area contributed by atoms with Crippen LogP contribution in [0.2, 0.25) is 0 Å². The molecule has 127 valence electrons. The molecular weight excluding hydrogens is 498 g/mol. The summed E-state index contributed by atoms with van der Waals surface area (Å²) in [6.07, 6.45) is 8.09. The predicted octanol–water partition coefficient (Wildman–Crippen LogP) is 4.53.